The SMILES string of the molecule is CC1(C)OB(c2ccc(C3CCC(C(F)(F)F)CC3)cc2)OC1(C)C. The van der Waals surface area contributed by atoms with Gasteiger partial charge < -0.3 is 9.31 Å². The van der Waals surface area contributed by atoms with Gasteiger partial charge in [-0.15, -0.1) is 0 Å². The summed E-state index contributed by atoms with van der Waals surface area (Å²) in [5.74, 6) is -0.918. The van der Waals surface area contributed by atoms with Crippen molar-refractivity contribution in [2.75, 3.05) is 0 Å². The fourth-order valence-corrected chi connectivity index (χ4v) is 3.66. The summed E-state index contributed by atoms with van der Waals surface area (Å²) in [5, 5.41) is 0. The predicted octanol–water partition coefficient (Wildman–Crippen LogP) is 4.82. The highest BCUT2D eigenvalue weighted by Gasteiger charge is 2.51. The van der Waals surface area contributed by atoms with Crippen molar-refractivity contribution in [1.82, 2.24) is 0 Å². The van der Waals surface area contributed by atoms with Crippen LogP contribution in [0.2, 0.25) is 0 Å². The topological polar surface area (TPSA) is 18.5 Å². The molecule has 0 bridgehead atoms. The Labute approximate surface area is 148 Å². The highest BCUT2D eigenvalue weighted by molar-refractivity contribution is 6.62. The monoisotopic (exact) mass is 354 g/mol. The molecule has 138 valence electrons. The minimum atomic E-state index is -4.05. The van der Waals surface area contributed by atoms with Gasteiger partial charge in [-0.2, -0.15) is 13.2 Å². The largest absolute Gasteiger partial charge is 0.494 e. The van der Waals surface area contributed by atoms with E-state index in [9.17, 15) is 13.2 Å². The molecule has 0 N–H and O–H groups in total. The first kappa shape index (κ1) is 18.8. The van der Waals surface area contributed by atoms with E-state index in [2.05, 4.69) is 0 Å². The van der Waals surface area contributed by atoms with E-state index in [1.807, 2.05) is 52.0 Å². The van der Waals surface area contributed by atoms with Gasteiger partial charge in [-0.3, -0.25) is 0 Å². The maximum atomic E-state index is 12.8. The lowest BCUT2D eigenvalue weighted by Gasteiger charge is -2.32. The van der Waals surface area contributed by atoms with Crippen LogP contribution in [0.3, 0.4) is 0 Å². The first-order chi connectivity index (χ1) is 11.5. The molecule has 0 unspecified atom stereocenters. The summed E-state index contributed by atoms with van der Waals surface area (Å²) in [5.41, 5.74) is 1.30. The van der Waals surface area contributed by atoms with Gasteiger partial charge in [0, 0.05) is 0 Å². The molecular weight excluding hydrogens is 328 g/mol. The molecular formula is C19H26BF3O2. The maximum Gasteiger partial charge on any atom is 0.494 e. The standard InChI is InChI=1S/C19H26BF3O2/c1-17(2)18(3,4)25-20(24-17)16-11-7-14(8-12-16)13-5-9-15(10-6-13)19(21,22)23/h7-8,11-13,15H,5-6,9-10H2,1-4H3. The van der Waals surface area contributed by atoms with E-state index in [1.165, 1.54) is 0 Å². The van der Waals surface area contributed by atoms with Crippen molar-refractivity contribution >= 4 is 12.6 Å². The molecule has 1 aliphatic carbocycles. The summed E-state index contributed by atoms with van der Waals surface area (Å²) in [6, 6.07) is 7.98. The van der Waals surface area contributed by atoms with E-state index >= 15 is 0 Å². The third kappa shape index (κ3) is 3.75. The zero-order valence-corrected chi connectivity index (χ0v) is 15.3. The Kier molecular flexibility index (Phi) is 4.74. The van der Waals surface area contributed by atoms with Gasteiger partial charge in [-0.1, -0.05) is 24.3 Å². The van der Waals surface area contributed by atoms with Gasteiger partial charge in [-0.25, -0.2) is 0 Å². The van der Waals surface area contributed by atoms with Crippen LogP contribution in [0.15, 0.2) is 24.3 Å². The average Bonchev–Trinajstić information content (AvgIpc) is 2.75. The molecule has 0 amide bonds. The lowest BCUT2D eigenvalue weighted by molar-refractivity contribution is -0.182. The smallest absolute Gasteiger partial charge is 0.399 e. The summed E-state index contributed by atoms with van der Waals surface area (Å²) in [6.07, 6.45) is -2.40. The second-order valence-electron chi connectivity index (χ2n) is 8.35. The molecule has 1 saturated heterocycles. The van der Waals surface area contributed by atoms with Crippen molar-refractivity contribution in [1.29, 1.82) is 0 Å². The van der Waals surface area contributed by atoms with Crippen LogP contribution in [0.1, 0.15) is 64.9 Å². The molecule has 6 heteroatoms. The van der Waals surface area contributed by atoms with Crippen LogP contribution in [0.4, 0.5) is 13.2 Å². The van der Waals surface area contributed by atoms with E-state index in [0.717, 1.165) is 11.0 Å². The maximum absolute atomic E-state index is 12.8. The minimum Gasteiger partial charge on any atom is -0.399 e. The normalized spacial score (nSPS) is 29.0. The van der Waals surface area contributed by atoms with Gasteiger partial charge >= 0.3 is 13.3 Å². The average molecular weight is 354 g/mol. The molecule has 1 aromatic rings. The first-order valence-electron chi connectivity index (χ1n) is 9.02. The molecule has 0 radical (unpaired) electrons. The molecule has 2 nitrogen and oxygen atoms in total. The highest BCUT2D eigenvalue weighted by atomic mass is 19.4. The third-order valence-corrected chi connectivity index (χ3v) is 6.12. The lowest BCUT2D eigenvalue weighted by Crippen LogP contribution is -2.41. The van der Waals surface area contributed by atoms with Crippen molar-refractivity contribution in [3.63, 3.8) is 0 Å². The zero-order chi connectivity index (χ0) is 18.5. The molecule has 2 aliphatic rings. The molecule has 25 heavy (non-hydrogen) atoms. The highest BCUT2D eigenvalue weighted by Crippen LogP contribution is 2.43. The summed E-state index contributed by atoms with van der Waals surface area (Å²) < 4.78 is 50.5. The number of hydrogen-bond donors (Lipinski definition) is 0. The van der Waals surface area contributed by atoms with E-state index in [4.69, 9.17) is 9.31 Å². The van der Waals surface area contributed by atoms with Gasteiger partial charge in [0.15, 0.2) is 0 Å². The first-order valence-corrected chi connectivity index (χ1v) is 9.02. The third-order valence-electron chi connectivity index (χ3n) is 6.12. The van der Waals surface area contributed by atoms with Crippen LogP contribution < -0.4 is 5.46 Å². The molecule has 1 heterocycles. The van der Waals surface area contributed by atoms with Crippen LogP contribution in [0, 0.1) is 5.92 Å². The van der Waals surface area contributed by atoms with Gasteiger partial charge in [0.1, 0.15) is 0 Å². The van der Waals surface area contributed by atoms with Crippen LogP contribution >= 0.6 is 0 Å². The number of benzene rings is 1. The van der Waals surface area contributed by atoms with Gasteiger partial charge in [0.25, 0.3) is 0 Å². The number of hydrogen-bond acceptors (Lipinski definition) is 2. The summed E-state index contributed by atoms with van der Waals surface area (Å²) >= 11 is 0. The van der Waals surface area contributed by atoms with Crippen molar-refractivity contribution < 1.29 is 22.5 Å². The fourth-order valence-electron chi connectivity index (χ4n) is 3.66. The molecule has 1 aromatic carbocycles. The van der Waals surface area contributed by atoms with Crippen LogP contribution in [0.5, 0.6) is 0 Å². The zero-order valence-electron chi connectivity index (χ0n) is 15.3. The second kappa shape index (κ2) is 6.31. The summed E-state index contributed by atoms with van der Waals surface area (Å²) in [6.45, 7) is 8.06. The van der Waals surface area contributed by atoms with Crippen molar-refractivity contribution in [3.05, 3.63) is 29.8 Å². The second-order valence-corrected chi connectivity index (χ2v) is 8.35. The van der Waals surface area contributed by atoms with Crippen LogP contribution in [-0.2, 0) is 9.31 Å². The summed E-state index contributed by atoms with van der Waals surface area (Å²) in [7, 11) is -0.403. The van der Waals surface area contributed by atoms with E-state index < -0.39 is 19.2 Å². The van der Waals surface area contributed by atoms with Crippen molar-refractivity contribution in [2.45, 2.75) is 76.7 Å². The van der Waals surface area contributed by atoms with Gasteiger partial charge in [-0.05, 0) is 70.3 Å². The van der Waals surface area contributed by atoms with Crippen LogP contribution in [-0.4, -0.2) is 24.5 Å². The number of alkyl halides is 3. The molecule has 0 aromatic heterocycles. The minimum absolute atomic E-state index is 0.214. The van der Waals surface area contributed by atoms with E-state index in [-0.39, 0.29) is 30.0 Å². The lowest BCUT2D eigenvalue weighted by atomic mass is 9.75. The molecule has 0 atom stereocenters. The van der Waals surface area contributed by atoms with E-state index in [1.54, 1.807) is 0 Å². The Balaban J connectivity index is 1.64. The Morgan fingerprint density at radius 2 is 1.36 bits per heavy atom. The molecule has 1 saturated carbocycles. The number of halogens is 3. The Hall–Kier alpha value is -1.01. The Morgan fingerprint density at radius 3 is 1.80 bits per heavy atom. The Morgan fingerprint density at radius 1 is 0.880 bits per heavy atom. The quantitative estimate of drug-likeness (QED) is 0.709. The van der Waals surface area contributed by atoms with E-state index in [0.29, 0.717) is 12.8 Å². The fraction of sp³-hybridized carbons (Fsp3) is 0.684. The predicted molar refractivity (Wildman–Crippen MR) is 92.9 cm³/mol. The number of rotatable bonds is 2. The molecule has 2 fully saturated rings. The van der Waals surface area contributed by atoms with Crippen molar-refractivity contribution in [2.24, 2.45) is 5.92 Å². The summed E-state index contributed by atoms with van der Waals surface area (Å²) in [4.78, 5) is 0. The molecule has 3 rings (SSSR count). The van der Waals surface area contributed by atoms with Gasteiger partial charge in [0.2, 0.25) is 0 Å². The molecule has 0 spiro atoms. The van der Waals surface area contributed by atoms with Crippen molar-refractivity contribution in [3.8, 4) is 0 Å². The van der Waals surface area contributed by atoms with Crippen LogP contribution in [0.25, 0.3) is 0 Å². The van der Waals surface area contributed by atoms with Gasteiger partial charge in [0.05, 0.1) is 17.1 Å². The molecule has 1 aliphatic heterocycles. The Bertz CT molecular complexity index is 586.